The minimum absolute atomic E-state index is 0.421. The molecule has 1 aromatic heterocycles. The number of rotatable bonds is 6. The van der Waals surface area contributed by atoms with E-state index in [1.165, 1.54) is 12.8 Å². The molecule has 1 rings (SSSR count). The normalized spacial score (nSPS) is 12.5. The minimum Gasteiger partial charge on any atom is -0.367 e. The molecular formula is C13H22ClN3. The van der Waals surface area contributed by atoms with Crippen LogP contribution in [0.1, 0.15) is 51.4 Å². The van der Waals surface area contributed by atoms with Crippen molar-refractivity contribution in [2.24, 2.45) is 0 Å². The number of hydrogen-bond acceptors (Lipinski definition) is 3. The van der Waals surface area contributed by atoms with Crippen LogP contribution in [0, 0.1) is 6.92 Å². The monoisotopic (exact) mass is 255 g/mol. The van der Waals surface area contributed by atoms with Gasteiger partial charge in [0.25, 0.3) is 0 Å². The van der Waals surface area contributed by atoms with E-state index in [2.05, 4.69) is 29.1 Å². The summed E-state index contributed by atoms with van der Waals surface area (Å²) in [6.45, 7) is 8.37. The van der Waals surface area contributed by atoms with Crippen LogP contribution in [-0.2, 0) is 6.42 Å². The fraction of sp³-hybridized carbons (Fsp3) is 0.692. The van der Waals surface area contributed by atoms with Gasteiger partial charge in [0.05, 0.1) is 0 Å². The third-order valence-corrected chi connectivity index (χ3v) is 3.19. The van der Waals surface area contributed by atoms with Gasteiger partial charge < -0.3 is 5.32 Å². The van der Waals surface area contributed by atoms with E-state index in [1.807, 2.05) is 13.8 Å². The van der Waals surface area contributed by atoms with Gasteiger partial charge in [-0.3, -0.25) is 0 Å². The highest BCUT2D eigenvalue weighted by atomic mass is 35.5. The molecule has 96 valence electrons. The molecule has 17 heavy (non-hydrogen) atoms. The van der Waals surface area contributed by atoms with E-state index in [1.54, 1.807) is 0 Å². The first kappa shape index (κ1) is 14.2. The van der Waals surface area contributed by atoms with Crippen LogP contribution in [0.2, 0.25) is 5.15 Å². The molecule has 0 amide bonds. The first-order chi connectivity index (χ1) is 8.08. The Bertz CT molecular complexity index is 366. The smallest absolute Gasteiger partial charge is 0.137 e. The number of nitrogens with one attached hydrogen (secondary N) is 1. The Hall–Kier alpha value is -0.830. The molecular weight excluding hydrogens is 234 g/mol. The number of nitrogens with zero attached hydrogens (tertiary/aromatic N) is 2. The standard InChI is InChI=1S/C13H22ClN3/c1-5-7-8-9(3)15-13-10(4)12(14)16-11(6-2)17-13/h9H,5-8H2,1-4H3,(H,15,16,17). The van der Waals surface area contributed by atoms with Crippen LogP contribution in [0.3, 0.4) is 0 Å². The van der Waals surface area contributed by atoms with E-state index in [0.29, 0.717) is 11.2 Å². The number of aromatic nitrogens is 2. The maximum atomic E-state index is 6.09. The molecule has 0 aliphatic rings. The van der Waals surface area contributed by atoms with Crippen molar-refractivity contribution in [3.8, 4) is 0 Å². The van der Waals surface area contributed by atoms with Crippen LogP contribution < -0.4 is 5.32 Å². The molecule has 0 bridgehead atoms. The fourth-order valence-corrected chi connectivity index (χ4v) is 1.83. The van der Waals surface area contributed by atoms with Crippen molar-refractivity contribution in [1.29, 1.82) is 0 Å². The van der Waals surface area contributed by atoms with Crippen molar-refractivity contribution in [3.05, 3.63) is 16.5 Å². The Morgan fingerprint density at radius 3 is 2.59 bits per heavy atom. The topological polar surface area (TPSA) is 37.8 Å². The summed E-state index contributed by atoms with van der Waals surface area (Å²) in [7, 11) is 0. The van der Waals surface area contributed by atoms with Gasteiger partial charge in [-0.15, -0.1) is 0 Å². The Morgan fingerprint density at radius 1 is 1.29 bits per heavy atom. The lowest BCUT2D eigenvalue weighted by atomic mass is 10.1. The van der Waals surface area contributed by atoms with Gasteiger partial charge >= 0.3 is 0 Å². The zero-order chi connectivity index (χ0) is 12.8. The maximum Gasteiger partial charge on any atom is 0.137 e. The second-order valence-electron chi connectivity index (χ2n) is 4.45. The molecule has 1 unspecified atom stereocenters. The van der Waals surface area contributed by atoms with Crippen molar-refractivity contribution in [2.75, 3.05) is 5.32 Å². The van der Waals surface area contributed by atoms with Gasteiger partial charge in [0.2, 0.25) is 0 Å². The number of anilines is 1. The summed E-state index contributed by atoms with van der Waals surface area (Å²) in [4.78, 5) is 8.73. The summed E-state index contributed by atoms with van der Waals surface area (Å²) in [6, 6.07) is 0.421. The van der Waals surface area contributed by atoms with Crippen LogP contribution in [-0.4, -0.2) is 16.0 Å². The average molecular weight is 256 g/mol. The van der Waals surface area contributed by atoms with Crippen LogP contribution in [0.15, 0.2) is 0 Å². The van der Waals surface area contributed by atoms with Crippen LogP contribution in [0.5, 0.6) is 0 Å². The summed E-state index contributed by atoms with van der Waals surface area (Å²) in [5.74, 6) is 1.68. The third-order valence-electron chi connectivity index (χ3n) is 2.82. The molecule has 1 aromatic rings. The van der Waals surface area contributed by atoms with Crippen molar-refractivity contribution in [1.82, 2.24) is 9.97 Å². The number of aryl methyl sites for hydroxylation is 1. The summed E-state index contributed by atoms with van der Waals surface area (Å²) in [5, 5.41) is 3.98. The van der Waals surface area contributed by atoms with Crippen LogP contribution >= 0.6 is 11.6 Å². The van der Waals surface area contributed by atoms with Gasteiger partial charge in [0, 0.05) is 18.0 Å². The Balaban J connectivity index is 2.78. The van der Waals surface area contributed by atoms with Gasteiger partial charge in [-0.2, -0.15) is 0 Å². The lowest BCUT2D eigenvalue weighted by molar-refractivity contribution is 0.642. The van der Waals surface area contributed by atoms with Crippen molar-refractivity contribution in [2.45, 2.75) is 59.4 Å². The third kappa shape index (κ3) is 4.15. The molecule has 1 N–H and O–H groups in total. The van der Waals surface area contributed by atoms with Gasteiger partial charge in [-0.05, 0) is 20.3 Å². The van der Waals surface area contributed by atoms with Crippen molar-refractivity contribution >= 4 is 17.4 Å². The molecule has 4 heteroatoms. The van der Waals surface area contributed by atoms with E-state index in [4.69, 9.17) is 11.6 Å². The largest absolute Gasteiger partial charge is 0.367 e. The lowest BCUT2D eigenvalue weighted by Gasteiger charge is -2.16. The molecule has 0 aromatic carbocycles. The number of halogens is 1. The minimum atomic E-state index is 0.421. The SMILES string of the molecule is CCCCC(C)Nc1nc(CC)nc(Cl)c1C. The number of unbranched alkanes of at least 4 members (excludes halogenated alkanes) is 1. The van der Waals surface area contributed by atoms with Crippen molar-refractivity contribution in [3.63, 3.8) is 0 Å². The van der Waals surface area contributed by atoms with Gasteiger partial charge in [-0.25, -0.2) is 9.97 Å². The molecule has 0 spiro atoms. The summed E-state index contributed by atoms with van der Waals surface area (Å²) >= 11 is 6.09. The molecule has 0 fully saturated rings. The van der Waals surface area contributed by atoms with E-state index in [0.717, 1.165) is 30.0 Å². The second-order valence-corrected chi connectivity index (χ2v) is 4.80. The molecule has 0 aliphatic heterocycles. The molecule has 0 saturated carbocycles. The number of hydrogen-bond donors (Lipinski definition) is 1. The Labute approximate surface area is 109 Å². The van der Waals surface area contributed by atoms with Gasteiger partial charge in [0.1, 0.15) is 16.8 Å². The maximum absolute atomic E-state index is 6.09. The molecule has 0 aliphatic carbocycles. The summed E-state index contributed by atoms with van der Waals surface area (Å²) in [6.07, 6.45) is 4.40. The zero-order valence-electron chi connectivity index (χ0n) is 11.2. The quantitative estimate of drug-likeness (QED) is 0.781. The second kappa shape index (κ2) is 6.80. The van der Waals surface area contributed by atoms with Gasteiger partial charge in [-0.1, -0.05) is 38.3 Å². The van der Waals surface area contributed by atoms with E-state index in [9.17, 15) is 0 Å². The van der Waals surface area contributed by atoms with Crippen molar-refractivity contribution < 1.29 is 0 Å². The lowest BCUT2D eigenvalue weighted by Crippen LogP contribution is -2.17. The van der Waals surface area contributed by atoms with E-state index in [-0.39, 0.29) is 0 Å². The van der Waals surface area contributed by atoms with Crippen LogP contribution in [0.4, 0.5) is 5.82 Å². The Morgan fingerprint density at radius 2 is 2.00 bits per heavy atom. The summed E-state index contributed by atoms with van der Waals surface area (Å²) < 4.78 is 0. The Kier molecular flexibility index (Phi) is 5.69. The predicted molar refractivity (Wildman–Crippen MR) is 73.8 cm³/mol. The fourth-order valence-electron chi connectivity index (χ4n) is 1.65. The first-order valence-corrected chi connectivity index (χ1v) is 6.75. The van der Waals surface area contributed by atoms with Crippen LogP contribution in [0.25, 0.3) is 0 Å². The highest BCUT2D eigenvalue weighted by molar-refractivity contribution is 6.30. The van der Waals surface area contributed by atoms with E-state index >= 15 is 0 Å². The first-order valence-electron chi connectivity index (χ1n) is 6.38. The average Bonchev–Trinajstić information content (AvgIpc) is 2.32. The molecule has 1 atom stereocenters. The molecule has 0 saturated heterocycles. The predicted octanol–water partition coefficient (Wildman–Crippen LogP) is 3.99. The molecule has 0 radical (unpaired) electrons. The highest BCUT2D eigenvalue weighted by Gasteiger charge is 2.10. The molecule has 1 heterocycles. The van der Waals surface area contributed by atoms with E-state index < -0.39 is 0 Å². The highest BCUT2D eigenvalue weighted by Crippen LogP contribution is 2.21. The zero-order valence-corrected chi connectivity index (χ0v) is 11.9. The van der Waals surface area contributed by atoms with Gasteiger partial charge in [0.15, 0.2) is 0 Å². The summed E-state index contributed by atoms with van der Waals surface area (Å²) in [5.41, 5.74) is 0.937. The molecule has 3 nitrogen and oxygen atoms in total.